The van der Waals surface area contributed by atoms with E-state index in [1.807, 2.05) is 36.1 Å². The van der Waals surface area contributed by atoms with Crippen LogP contribution in [0.1, 0.15) is 45.4 Å². The van der Waals surface area contributed by atoms with E-state index >= 15 is 0 Å². The van der Waals surface area contributed by atoms with Crippen molar-refractivity contribution in [3.8, 4) is 11.8 Å². The Hall–Kier alpha value is -3.71. The quantitative estimate of drug-likeness (QED) is 0.554. The van der Waals surface area contributed by atoms with Gasteiger partial charge >= 0.3 is 0 Å². The lowest BCUT2D eigenvalue weighted by Crippen LogP contribution is -2.51. The van der Waals surface area contributed by atoms with E-state index in [0.717, 1.165) is 50.1 Å². The molecule has 2 aromatic heterocycles. The molecule has 0 unspecified atom stereocenters. The summed E-state index contributed by atoms with van der Waals surface area (Å²) in [5, 5.41) is 25.3. The third kappa shape index (κ3) is 4.45. The van der Waals surface area contributed by atoms with E-state index in [4.69, 9.17) is 0 Å². The monoisotopic (exact) mass is 515 g/mol. The number of carbonyl (C=O) groups is 1. The lowest BCUT2D eigenvalue weighted by molar-refractivity contribution is -0.141. The number of benzene rings is 1. The van der Waals surface area contributed by atoms with Gasteiger partial charge in [0.25, 0.3) is 5.56 Å². The topological polar surface area (TPSA) is 120 Å². The second-order valence-electron chi connectivity index (χ2n) is 11.5. The van der Waals surface area contributed by atoms with Crippen molar-refractivity contribution in [2.75, 3.05) is 31.1 Å². The van der Waals surface area contributed by atoms with Gasteiger partial charge in [0.1, 0.15) is 11.7 Å². The summed E-state index contributed by atoms with van der Waals surface area (Å²) in [4.78, 5) is 34.7. The van der Waals surface area contributed by atoms with Gasteiger partial charge in [0.05, 0.1) is 30.1 Å². The molecule has 3 aromatic rings. The lowest BCUT2D eigenvalue weighted by Gasteiger charge is -2.39. The fourth-order valence-corrected chi connectivity index (χ4v) is 5.72. The molecule has 0 atom stereocenters. The summed E-state index contributed by atoms with van der Waals surface area (Å²) in [7, 11) is 0. The highest BCUT2D eigenvalue weighted by Gasteiger charge is 2.48. The van der Waals surface area contributed by atoms with Crippen LogP contribution in [0.4, 0.5) is 5.69 Å². The summed E-state index contributed by atoms with van der Waals surface area (Å²) in [6.45, 7) is 4.80. The second kappa shape index (κ2) is 9.24. The van der Waals surface area contributed by atoms with E-state index in [-0.39, 0.29) is 29.3 Å². The number of amides is 1. The average molecular weight is 516 g/mol. The van der Waals surface area contributed by atoms with Crippen molar-refractivity contribution in [2.24, 2.45) is 11.3 Å². The smallest absolute Gasteiger partial charge is 0.264 e. The van der Waals surface area contributed by atoms with Crippen molar-refractivity contribution in [2.45, 2.75) is 57.6 Å². The van der Waals surface area contributed by atoms with Gasteiger partial charge in [-0.3, -0.25) is 14.2 Å². The Bertz CT molecular complexity index is 1470. The van der Waals surface area contributed by atoms with Crippen molar-refractivity contribution in [3.05, 3.63) is 47.1 Å². The molecule has 198 valence electrons. The number of nitriles is 1. The van der Waals surface area contributed by atoms with Gasteiger partial charge < -0.3 is 14.9 Å². The van der Waals surface area contributed by atoms with Crippen LogP contribution in [0, 0.1) is 22.7 Å². The predicted octanol–water partition coefficient (Wildman–Crippen LogP) is 2.48. The number of hydrogen-bond acceptors (Lipinski definition) is 7. The summed E-state index contributed by atoms with van der Waals surface area (Å²) in [6.07, 6.45) is 7.46. The van der Waals surface area contributed by atoms with Crippen LogP contribution in [0.5, 0.6) is 0 Å². The van der Waals surface area contributed by atoms with Crippen LogP contribution in [0.2, 0.25) is 0 Å². The first-order valence-corrected chi connectivity index (χ1v) is 13.5. The molecule has 1 amide bonds. The average Bonchev–Trinajstić information content (AvgIpc) is 3.54. The molecule has 2 saturated heterocycles. The highest BCUT2D eigenvalue weighted by Crippen LogP contribution is 2.47. The van der Waals surface area contributed by atoms with Gasteiger partial charge in [-0.15, -0.1) is 0 Å². The second-order valence-corrected chi connectivity index (χ2v) is 11.5. The number of hydrogen-bond donors (Lipinski definition) is 1. The molecule has 1 aliphatic carbocycles. The number of rotatable bonds is 5. The normalized spacial score (nSPS) is 20.9. The van der Waals surface area contributed by atoms with Crippen LogP contribution in [0.3, 0.4) is 0 Å². The minimum absolute atomic E-state index is 0.121. The van der Waals surface area contributed by atoms with Crippen LogP contribution < -0.4 is 10.5 Å². The molecular formula is C28H33N7O3. The maximum absolute atomic E-state index is 13.3. The van der Waals surface area contributed by atoms with Crippen LogP contribution in [0.15, 0.2) is 41.6 Å². The fraction of sp³-hybridized carbons (Fsp3) is 0.536. The standard InChI is InChI=1S/C28H33N7O3/c1-27(7-8-27)26(37)33-13-9-28(38,10-14-33)18-34-19-30-24-23(25(34)36)17-31-35(24)22-4-2-3-21(15-22)32-11-5-20(16-29)6-12-32/h2-4,15,17,19-20,38H,5-14,18H2,1H3. The fourth-order valence-electron chi connectivity index (χ4n) is 5.72. The van der Waals surface area contributed by atoms with E-state index < -0.39 is 5.60 Å². The number of nitrogens with zero attached hydrogens (tertiary/aromatic N) is 7. The summed E-state index contributed by atoms with van der Waals surface area (Å²) in [5.74, 6) is 0.304. The SMILES string of the molecule is CC1(C(=O)N2CCC(O)(Cn3cnc4c(cnn4-c4cccc(N5CCC(C#N)CC5)c4)c3=O)CC2)CC1. The molecule has 6 rings (SSSR count). The minimum atomic E-state index is -1.07. The van der Waals surface area contributed by atoms with Crippen LogP contribution in [-0.4, -0.2) is 67.0 Å². The largest absolute Gasteiger partial charge is 0.388 e. The highest BCUT2D eigenvalue weighted by atomic mass is 16.3. The van der Waals surface area contributed by atoms with Crippen molar-refractivity contribution in [3.63, 3.8) is 0 Å². The Morgan fingerprint density at radius 3 is 2.53 bits per heavy atom. The molecule has 10 heteroatoms. The number of aromatic nitrogens is 4. The van der Waals surface area contributed by atoms with Gasteiger partial charge in [-0.05, 0) is 56.7 Å². The summed E-state index contributed by atoms with van der Waals surface area (Å²) in [6, 6.07) is 10.4. The first-order valence-electron chi connectivity index (χ1n) is 13.5. The molecule has 4 heterocycles. The molecule has 1 N–H and O–H groups in total. The molecule has 1 saturated carbocycles. The Balaban J connectivity index is 1.19. The summed E-state index contributed by atoms with van der Waals surface area (Å²) in [5.41, 5.74) is 0.812. The maximum atomic E-state index is 13.3. The van der Waals surface area contributed by atoms with Crippen LogP contribution in [0.25, 0.3) is 16.7 Å². The van der Waals surface area contributed by atoms with E-state index in [1.54, 1.807) is 4.68 Å². The van der Waals surface area contributed by atoms with E-state index in [2.05, 4.69) is 21.1 Å². The molecule has 3 fully saturated rings. The summed E-state index contributed by atoms with van der Waals surface area (Å²) < 4.78 is 3.13. The lowest BCUT2D eigenvalue weighted by atomic mass is 9.90. The van der Waals surface area contributed by atoms with Gasteiger partial charge in [-0.1, -0.05) is 13.0 Å². The van der Waals surface area contributed by atoms with Crippen LogP contribution in [-0.2, 0) is 11.3 Å². The van der Waals surface area contributed by atoms with Crippen molar-refractivity contribution in [1.82, 2.24) is 24.2 Å². The zero-order chi connectivity index (χ0) is 26.5. The predicted molar refractivity (Wildman–Crippen MR) is 142 cm³/mol. The van der Waals surface area contributed by atoms with E-state index in [9.17, 15) is 20.0 Å². The number of piperidine rings is 2. The zero-order valence-electron chi connectivity index (χ0n) is 21.7. The Labute approximate surface area is 221 Å². The first-order chi connectivity index (χ1) is 18.3. The van der Waals surface area contributed by atoms with Gasteiger partial charge in [-0.2, -0.15) is 10.4 Å². The molecule has 0 bridgehead atoms. The molecule has 3 aliphatic rings. The Morgan fingerprint density at radius 1 is 1.13 bits per heavy atom. The maximum Gasteiger partial charge on any atom is 0.264 e. The minimum Gasteiger partial charge on any atom is -0.388 e. The number of likely N-dealkylation sites (tertiary alicyclic amines) is 1. The molecule has 10 nitrogen and oxygen atoms in total. The van der Waals surface area contributed by atoms with E-state index in [1.165, 1.54) is 17.1 Å². The molecule has 0 radical (unpaired) electrons. The number of anilines is 1. The zero-order valence-corrected chi connectivity index (χ0v) is 21.7. The molecule has 38 heavy (non-hydrogen) atoms. The van der Waals surface area contributed by atoms with Gasteiger partial charge in [0.15, 0.2) is 5.65 Å². The molecule has 1 aromatic carbocycles. The summed E-state index contributed by atoms with van der Waals surface area (Å²) >= 11 is 0. The highest BCUT2D eigenvalue weighted by molar-refractivity contribution is 5.85. The van der Waals surface area contributed by atoms with Crippen molar-refractivity contribution >= 4 is 22.6 Å². The molecular weight excluding hydrogens is 482 g/mol. The molecule has 2 aliphatic heterocycles. The van der Waals surface area contributed by atoms with Gasteiger partial charge in [-0.25, -0.2) is 9.67 Å². The van der Waals surface area contributed by atoms with Gasteiger partial charge in [0.2, 0.25) is 5.91 Å². The third-order valence-corrected chi connectivity index (χ3v) is 8.63. The Kier molecular flexibility index (Phi) is 5.99. The van der Waals surface area contributed by atoms with Crippen LogP contribution >= 0.6 is 0 Å². The molecule has 0 spiro atoms. The van der Waals surface area contributed by atoms with Crippen molar-refractivity contribution in [1.29, 1.82) is 5.26 Å². The van der Waals surface area contributed by atoms with E-state index in [0.29, 0.717) is 37.0 Å². The number of fused-ring (bicyclic) bond motifs is 1. The number of aliphatic hydroxyl groups is 1. The Morgan fingerprint density at radius 2 is 1.84 bits per heavy atom. The third-order valence-electron chi connectivity index (χ3n) is 8.63. The van der Waals surface area contributed by atoms with Crippen molar-refractivity contribution < 1.29 is 9.90 Å². The first kappa shape index (κ1) is 24.6. The van der Waals surface area contributed by atoms with Gasteiger partial charge in [0, 0.05) is 43.2 Å². The number of carbonyl (C=O) groups excluding carboxylic acids is 1.